The summed E-state index contributed by atoms with van der Waals surface area (Å²) in [4.78, 5) is -0.104. The second-order valence-corrected chi connectivity index (χ2v) is 6.51. The fraction of sp³-hybridized carbons (Fsp3) is 0.455. The van der Waals surface area contributed by atoms with E-state index in [1.165, 1.54) is 12.1 Å². The Morgan fingerprint density at radius 3 is 2.67 bits per heavy atom. The van der Waals surface area contributed by atoms with Crippen LogP contribution in [-0.2, 0) is 14.8 Å². The van der Waals surface area contributed by atoms with Gasteiger partial charge in [-0.05, 0) is 48.0 Å². The van der Waals surface area contributed by atoms with Crippen molar-refractivity contribution < 1.29 is 17.5 Å². The van der Waals surface area contributed by atoms with Crippen LogP contribution < -0.4 is 4.72 Å². The summed E-state index contributed by atoms with van der Waals surface area (Å²) in [6.07, 6.45) is 0.0413. The Kier molecular flexibility index (Phi) is 5.71. The first kappa shape index (κ1) is 15.6. The maximum absolute atomic E-state index is 13.2. The molecule has 18 heavy (non-hydrogen) atoms. The van der Waals surface area contributed by atoms with Gasteiger partial charge in [-0.25, -0.2) is 17.5 Å². The number of hydrogen-bond acceptors (Lipinski definition) is 3. The van der Waals surface area contributed by atoms with E-state index in [1.807, 2.05) is 13.8 Å². The number of halogens is 2. The zero-order valence-corrected chi connectivity index (χ0v) is 12.5. The van der Waals surface area contributed by atoms with Crippen molar-refractivity contribution in [2.24, 2.45) is 0 Å². The molecule has 0 saturated heterocycles. The van der Waals surface area contributed by atoms with Crippen LogP contribution in [0.4, 0.5) is 4.39 Å². The summed E-state index contributed by atoms with van der Waals surface area (Å²) in [5.41, 5.74) is 0. The Morgan fingerprint density at radius 2 is 2.11 bits per heavy atom. The summed E-state index contributed by atoms with van der Waals surface area (Å²) in [6.45, 7) is 4.14. The zero-order chi connectivity index (χ0) is 13.8. The highest BCUT2D eigenvalue weighted by molar-refractivity contribution is 9.10. The molecule has 7 heteroatoms. The van der Waals surface area contributed by atoms with Crippen LogP contribution in [0.5, 0.6) is 0 Å². The minimum Gasteiger partial charge on any atom is -0.377 e. The van der Waals surface area contributed by atoms with Crippen LogP contribution in [-0.4, -0.2) is 27.7 Å². The van der Waals surface area contributed by atoms with Crippen molar-refractivity contribution in [3.05, 3.63) is 28.5 Å². The fourth-order valence-electron chi connectivity index (χ4n) is 1.20. The minimum absolute atomic E-state index is 0.0413. The minimum atomic E-state index is -3.69. The summed E-state index contributed by atoms with van der Waals surface area (Å²) in [7, 11) is -3.69. The topological polar surface area (TPSA) is 55.4 Å². The van der Waals surface area contributed by atoms with Gasteiger partial charge >= 0.3 is 0 Å². The van der Waals surface area contributed by atoms with Crippen molar-refractivity contribution in [1.82, 2.24) is 4.72 Å². The van der Waals surface area contributed by atoms with Crippen LogP contribution in [0.15, 0.2) is 27.6 Å². The smallest absolute Gasteiger partial charge is 0.240 e. The Bertz CT molecular complexity index is 505. The normalized spacial score (nSPS) is 12.1. The number of benzene rings is 1. The second-order valence-electron chi connectivity index (χ2n) is 3.89. The summed E-state index contributed by atoms with van der Waals surface area (Å²) < 4.78 is 44.6. The lowest BCUT2D eigenvalue weighted by atomic mass is 10.3. The molecule has 0 saturated carbocycles. The Morgan fingerprint density at radius 1 is 1.44 bits per heavy atom. The molecule has 0 aliphatic carbocycles. The van der Waals surface area contributed by atoms with Crippen LogP contribution >= 0.6 is 15.9 Å². The van der Waals surface area contributed by atoms with E-state index in [4.69, 9.17) is 4.74 Å². The summed E-state index contributed by atoms with van der Waals surface area (Å²) in [6, 6.07) is 3.66. The van der Waals surface area contributed by atoms with Crippen LogP contribution in [0.25, 0.3) is 0 Å². The van der Waals surface area contributed by atoms with Crippen molar-refractivity contribution >= 4 is 26.0 Å². The molecule has 0 amide bonds. The van der Waals surface area contributed by atoms with Crippen LogP contribution in [0.1, 0.15) is 13.8 Å². The van der Waals surface area contributed by atoms with Crippen LogP contribution in [0.2, 0.25) is 0 Å². The predicted molar refractivity (Wildman–Crippen MR) is 70.4 cm³/mol. The van der Waals surface area contributed by atoms with Crippen molar-refractivity contribution in [2.75, 3.05) is 13.2 Å². The highest BCUT2D eigenvalue weighted by Crippen LogP contribution is 2.19. The van der Waals surface area contributed by atoms with Crippen molar-refractivity contribution in [2.45, 2.75) is 24.8 Å². The molecule has 0 radical (unpaired) electrons. The molecule has 4 nitrogen and oxygen atoms in total. The molecule has 0 aliphatic heterocycles. The van der Waals surface area contributed by atoms with E-state index in [0.29, 0.717) is 0 Å². The molecule has 0 heterocycles. The first-order valence-electron chi connectivity index (χ1n) is 5.39. The third-order valence-corrected chi connectivity index (χ3v) is 4.15. The van der Waals surface area contributed by atoms with Gasteiger partial charge in [-0.1, -0.05) is 0 Å². The van der Waals surface area contributed by atoms with Gasteiger partial charge in [0.15, 0.2) is 0 Å². The van der Waals surface area contributed by atoms with Gasteiger partial charge in [-0.3, -0.25) is 0 Å². The van der Waals surface area contributed by atoms with Gasteiger partial charge in [0.25, 0.3) is 0 Å². The van der Waals surface area contributed by atoms with E-state index in [-0.39, 0.29) is 28.6 Å². The first-order chi connectivity index (χ1) is 8.33. The zero-order valence-electron chi connectivity index (χ0n) is 10.1. The molecule has 1 aromatic rings. The molecule has 1 aromatic carbocycles. The predicted octanol–water partition coefficient (Wildman–Crippen LogP) is 2.29. The third kappa shape index (κ3) is 4.64. The molecule has 0 bridgehead atoms. The van der Waals surface area contributed by atoms with Crippen molar-refractivity contribution in [3.8, 4) is 0 Å². The van der Waals surface area contributed by atoms with Gasteiger partial charge in [0.1, 0.15) is 5.82 Å². The number of rotatable bonds is 6. The Labute approximate surface area is 115 Å². The molecule has 102 valence electrons. The maximum atomic E-state index is 13.2. The van der Waals surface area contributed by atoms with E-state index in [1.54, 1.807) is 0 Å². The molecule has 0 unspecified atom stereocenters. The quantitative estimate of drug-likeness (QED) is 0.809. The van der Waals surface area contributed by atoms with Gasteiger partial charge in [-0.15, -0.1) is 0 Å². The average Bonchev–Trinajstić information content (AvgIpc) is 2.28. The number of sulfonamides is 1. The van der Waals surface area contributed by atoms with Gasteiger partial charge in [0.2, 0.25) is 10.0 Å². The molecule has 1 N–H and O–H groups in total. The summed E-state index contributed by atoms with van der Waals surface area (Å²) in [5, 5.41) is 0. The molecule has 0 aliphatic rings. The van der Waals surface area contributed by atoms with Gasteiger partial charge < -0.3 is 4.74 Å². The SMILES string of the molecule is CC(C)OCCNS(=O)(=O)c1ccc(Br)c(F)c1. The van der Waals surface area contributed by atoms with Gasteiger partial charge in [0, 0.05) is 6.54 Å². The van der Waals surface area contributed by atoms with Crippen LogP contribution in [0, 0.1) is 5.82 Å². The number of ether oxygens (including phenoxy) is 1. The lowest BCUT2D eigenvalue weighted by Crippen LogP contribution is -2.28. The van der Waals surface area contributed by atoms with E-state index >= 15 is 0 Å². The van der Waals surface area contributed by atoms with E-state index in [2.05, 4.69) is 20.7 Å². The van der Waals surface area contributed by atoms with Gasteiger partial charge in [-0.2, -0.15) is 0 Å². The van der Waals surface area contributed by atoms with Crippen LogP contribution in [0.3, 0.4) is 0 Å². The summed E-state index contributed by atoms with van der Waals surface area (Å²) in [5.74, 6) is -0.615. The lowest BCUT2D eigenvalue weighted by Gasteiger charge is -2.09. The fourth-order valence-corrected chi connectivity index (χ4v) is 2.47. The van der Waals surface area contributed by atoms with Gasteiger partial charge in [0.05, 0.1) is 22.1 Å². The highest BCUT2D eigenvalue weighted by Gasteiger charge is 2.15. The van der Waals surface area contributed by atoms with Crippen molar-refractivity contribution in [3.63, 3.8) is 0 Å². The standard InChI is InChI=1S/C11H15BrFNO3S/c1-8(2)17-6-5-14-18(15,16)9-3-4-10(12)11(13)7-9/h3-4,7-8,14H,5-6H2,1-2H3. The largest absolute Gasteiger partial charge is 0.377 e. The highest BCUT2D eigenvalue weighted by atomic mass is 79.9. The van der Waals surface area contributed by atoms with Crippen molar-refractivity contribution in [1.29, 1.82) is 0 Å². The maximum Gasteiger partial charge on any atom is 0.240 e. The Balaban J connectivity index is 2.66. The molecule has 0 spiro atoms. The lowest BCUT2D eigenvalue weighted by molar-refractivity contribution is 0.0834. The van der Waals surface area contributed by atoms with E-state index < -0.39 is 15.8 Å². The second kappa shape index (κ2) is 6.60. The Hall–Kier alpha value is -0.500. The van der Waals surface area contributed by atoms with E-state index in [9.17, 15) is 12.8 Å². The number of hydrogen-bond donors (Lipinski definition) is 1. The molecule has 0 aromatic heterocycles. The van der Waals surface area contributed by atoms with E-state index in [0.717, 1.165) is 6.07 Å². The molecular weight excluding hydrogens is 325 g/mol. The molecular formula is C11H15BrFNO3S. The molecule has 0 atom stereocenters. The summed E-state index contributed by atoms with van der Waals surface area (Å²) >= 11 is 2.97. The molecule has 1 rings (SSSR count). The first-order valence-corrected chi connectivity index (χ1v) is 7.67. The molecule has 0 fully saturated rings. The monoisotopic (exact) mass is 339 g/mol. The average molecular weight is 340 g/mol. The number of nitrogens with one attached hydrogen (secondary N) is 1. The third-order valence-electron chi connectivity index (χ3n) is 2.05.